The SMILES string of the molecule is C/C=C/COc1ccc(-c2ccc(C3CCC4CC(/C=C/C)CCC4C3)c(F)c2F)c(F)c1F. The van der Waals surface area contributed by atoms with E-state index in [9.17, 15) is 8.78 Å². The average Bonchev–Trinajstić information content (AvgIpc) is 2.84. The van der Waals surface area contributed by atoms with Crippen molar-refractivity contribution in [1.82, 2.24) is 0 Å². The Labute approximate surface area is 199 Å². The van der Waals surface area contributed by atoms with E-state index in [0.717, 1.165) is 32.1 Å². The van der Waals surface area contributed by atoms with Gasteiger partial charge in [-0.15, -0.1) is 0 Å². The maximum absolute atomic E-state index is 15.2. The first-order valence-corrected chi connectivity index (χ1v) is 12.3. The molecule has 2 aromatic rings. The fourth-order valence-corrected chi connectivity index (χ4v) is 5.83. The second-order valence-corrected chi connectivity index (χ2v) is 9.58. The molecule has 2 saturated carbocycles. The highest BCUT2D eigenvalue weighted by Gasteiger charge is 2.36. The van der Waals surface area contributed by atoms with Gasteiger partial charge in [-0.1, -0.05) is 36.4 Å². The van der Waals surface area contributed by atoms with Gasteiger partial charge < -0.3 is 4.74 Å². The van der Waals surface area contributed by atoms with Crippen molar-refractivity contribution in [3.05, 3.63) is 77.4 Å². The standard InChI is InChI=1S/C29H32F4O/c1-3-5-15-34-25-14-13-24(28(32)29(25)33)23-12-11-22(26(30)27(23)31)21-10-9-19-16-18(6-4-2)7-8-20(19)17-21/h3-6,11-14,18-21H,7-10,15-17H2,1-2H3/b5-3+,6-4+. The van der Waals surface area contributed by atoms with E-state index in [1.54, 1.807) is 25.1 Å². The van der Waals surface area contributed by atoms with E-state index in [1.807, 2.05) is 0 Å². The maximum atomic E-state index is 15.2. The Hall–Kier alpha value is -2.56. The van der Waals surface area contributed by atoms with E-state index in [0.29, 0.717) is 23.3 Å². The highest BCUT2D eigenvalue weighted by atomic mass is 19.2. The molecule has 4 rings (SSSR count). The molecule has 34 heavy (non-hydrogen) atoms. The van der Waals surface area contributed by atoms with Gasteiger partial charge in [0.15, 0.2) is 23.2 Å². The van der Waals surface area contributed by atoms with Crippen LogP contribution in [0.4, 0.5) is 17.6 Å². The lowest BCUT2D eigenvalue weighted by molar-refractivity contribution is 0.132. The summed E-state index contributed by atoms with van der Waals surface area (Å²) in [5, 5.41) is 0. The molecular formula is C29H32F4O. The molecule has 4 atom stereocenters. The summed E-state index contributed by atoms with van der Waals surface area (Å²) < 4.78 is 64.7. The molecule has 4 unspecified atom stereocenters. The first-order chi connectivity index (χ1) is 16.4. The highest BCUT2D eigenvalue weighted by Crippen LogP contribution is 2.48. The predicted molar refractivity (Wildman–Crippen MR) is 128 cm³/mol. The second-order valence-electron chi connectivity index (χ2n) is 9.58. The molecule has 2 aliphatic rings. The topological polar surface area (TPSA) is 9.23 Å². The van der Waals surface area contributed by atoms with Gasteiger partial charge in [-0.3, -0.25) is 0 Å². The van der Waals surface area contributed by atoms with Gasteiger partial charge in [0.1, 0.15) is 6.61 Å². The van der Waals surface area contributed by atoms with Crippen molar-refractivity contribution < 1.29 is 22.3 Å². The highest BCUT2D eigenvalue weighted by molar-refractivity contribution is 5.66. The lowest BCUT2D eigenvalue weighted by Crippen LogP contribution is -2.30. The molecule has 0 N–H and O–H groups in total. The van der Waals surface area contributed by atoms with Gasteiger partial charge in [0.25, 0.3) is 0 Å². The van der Waals surface area contributed by atoms with Gasteiger partial charge in [-0.2, -0.15) is 4.39 Å². The summed E-state index contributed by atoms with van der Waals surface area (Å²) in [6.45, 7) is 3.92. The minimum atomic E-state index is -1.25. The lowest BCUT2D eigenvalue weighted by Gasteiger charge is -2.42. The molecule has 0 aliphatic heterocycles. The normalized spacial score (nSPS) is 25.1. The third-order valence-electron chi connectivity index (χ3n) is 7.58. The summed E-state index contributed by atoms with van der Waals surface area (Å²) in [7, 11) is 0. The summed E-state index contributed by atoms with van der Waals surface area (Å²) in [6.07, 6.45) is 13.9. The quantitative estimate of drug-likeness (QED) is 0.302. The van der Waals surface area contributed by atoms with Crippen LogP contribution in [-0.4, -0.2) is 6.61 Å². The fraction of sp³-hybridized carbons (Fsp3) is 0.448. The Kier molecular flexibility index (Phi) is 7.80. The summed E-state index contributed by atoms with van der Waals surface area (Å²) in [6, 6.07) is 5.40. The molecule has 0 saturated heterocycles. The van der Waals surface area contributed by atoms with Crippen molar-refractivity contribution in [1.29, 1.82) is 0 Å². The van der Waals surface area contributed by atoms with E-state index < -0.39 is 23.3 Å². The van der Waals surface area contributed by atoms with Crippen LogP contribution in [-0.2, 0) is 0 Å². The number of rotatable bonds is 6. The third-order valence-corrected chi connectivity index (χ3v) is 7.58. The van der Waals surface area contributed by atoms with Crippen LogP contribution in [0.2, 0.25) is 0 Å². The van der Waals surface area contributed by atoms with E-state index in [4.69, 9.17) is 4.74 Å². The molecule has 182 valence electrons. The van der Waals surface area contributed by atoms with Crippen LogP contribution in [0.15, 0.2) is 48.6 Å². The zero-order chi connectivity index (χ0) is 24.2. The molecule has 0 amide bonds. The van der Waals surface area contributed by atoms with Crippen LogP contribution in [0.25, 0.3) is 11.1 Å². The molecule has 0 aromatic heterocycles. The molecule has 1 nitrogen and oxygen atoms in total. The van der Waals surface area contributed by atoms with Crippen LogP contribution >= 0.6 is 0 Å². The van der Waals surface area contributed by atoms with Crippen LogP contribution in [0.5, 0.6) is 5.75 Å². The molecule has 0 spiro atoms. The first kappa shape index (κ1) is 24.6. The Bertz CT molecular complexity index is 1070. The zero-order valence-corrected chi connectivity index (χ0v) is 19.8. The Morgan fingerprint density at radius 2 is 1.44 bits per heavy atom. The molecule has 0 bridgehead atoms. The van der Waals surface area contributed by atoms with Gasteiger partial charge >= 0.3 is 0 Å². The van der Waals surface area contributed by atoms with Gasteiger partial charge in [0.05, 0.1) is 0 Å². The van der Waals surface area contributed by atoms with Crippen LogP contribution in [0, 0.1) is 41.0 Å². The van der Waals surface area contributed by atoms with Crippen molar-refractivity contribution in [2.24, 2.45) is 17.8 Å². The number of allylic oxidation sites excluding steroid dienone is 3. The Morgan fingerprint density at radius 1 is 0.765 bits per heavy atom. The molecule has 2 fully saturated rings. The number of fused-ring (bicyclic) bond motifs is 1. The first-order valence-electron chi connectivity index (χ1n) is 12.3. The van der Waals surface area contributed by atoms with Gasteiger partial charge in [0.2, 0.25) is 5.82 Å². The third kappa shape index (κ3) is 4.94. The Balaban J connectivity index is 1.54. The summed E-state index contributed by atoms with van der Waals surface area (Å²) >= 11 is 0. The largest absolute Gasteiger partial charge is 0.486 e. The monoisotopic (exact) mass is 472 g/mol. The molecule has 0 radical (unpaired) electrons. The summed E-state index contributed by atoms with van der Waals surface area (Å²) in [5.74, 6) is -3.04. The van der Waals surface area contributed by atoms with Crippen molar-refractivity contribution >= 4 is 0 Å². The maximum Gasteiger partial charge on any atom is 0.201 e. The molecular weight excluding hydrogens is 440 g/mol. The predicted octanol–water partition coefficient (Wildman–Crippen LogP) is 8.74. The van der Waals surface area contributed by atoms with Crippen molar-refractivity contribution in [2.75, 3.05) is 6.61 Å². The number of ether oxygens (including phenoxy) is 1. The fourth-order valence-electron chi connectivity index (χ4n) is 5.83. The average molecular weight is 473 g/mol. The van der Waals surface area contributed by atoms with Crippen LogP contribution in [0.3, 0.4) is 0 Å². The number of halogens is 4. The molecule has 2 aromatic carbocycles. The Morgan fingerprint density at radius 3 is 2.18 bits per heavy atom. The van der Waals surface area contributed by atoms with Crippen molar-refractivity contribution in [2.45, 2.75) is 58.3 Å². The minimum absolute atomic E-state index is 0.0490. The number of hydrogen-bond donors (Lipinski definition) is 0. The van der Waals surface area contributed by atoms with Crippen LogP contribution in [0.1, 0.15) is 63.9 Å². The van der Waals surface area contributed by atoms with Crippen molar-refractivity contribution in [3.63, 3.8) is 0 Å². The summed E-state index contributed by atoms with van der Waals surface area (Å²) in [4.78, 5) is 0. The van der Waals surface area contributed by atoms with Gasteiger partial charge in [-0.05, 0) is 93.7 Å². The van der Waals surface area contributed by atoms with Gasteiger partial charge in [0, 0.05) is 11.1 Å². The van der Waals surface area contributed by atoms with E-state index in [-0.39, 0.29) is 29.4 Å². The van der Waals surface area contributed by atoms with Crippen molar-refractivity contribution in [3.8, 4) is 16.9 Å². The van der Waals surface area contributed by atoms with E-state index in [1.165, 1.54) is 24.6 Å². The smallest absolute Gasteiger partial charge is 0.201 e. The number of hydrogen-bond acceptors (Lipinski definition) is 1. The van der Waals surface area contributed by atoms with E-state index >= 15 is 8.78 Å². The number of benzene rings is 2. The molecule has 5 heteroatoms. The summed E-state index contributed by atoms with van der Waals surface area (Å²) in [5.41, 5.74) is -0.245. The lowest BCUT2D eigenvalue weighted by atomic mass is 9.64. The van der Waals surface area contributed by atoms with E-state index in [2.05, 4.69) is 19.1 Å². The van der Waals surface area contributed by atoms with Gasteiger partial charge in [-0.25, -0.2) is 13.2 Å². The molecule has 2 aliphatic carbocycles. The zero-order valence-electron chi connectivity index (χ0n) is 19.8. The molecule has 0 heterocycles. The van der Waals surface area contributed by atoms with Crippen LogP contribution < -0.4 is 4.74 Å². The minimum Gasteiger partial charge on any atom is -0.486 e. The second kappa shape index (κ2) is 10.8.